The number of nitrogens with one attached hydrogen (secondary N) is 1. The average Bonchev–Trinajstić information content (AvgIpc) is 2.99. The third-order valence-corrected chi connectivity index (χ3v) is 4.90. The molecule has 1 heterocycles. The molecule has 1 N–H and O–H groups in total. The van der Waals surface area contributed by atoms with E-state index in [9.17, 15) is 13.6 Å². The van der Waals surface area contributed by atoms with Crippen LogP contribution in [0.1, 0.15) is 22.7 Å². The molecule has 0 saturated heterocycles. The number of likely N-dealkylation sites (N-methyl/N-ethyl adjacent to an activating group) is 1. The first-order chi connectivity index (χ1) is 12.3. The lowest BCUT2D eigenvalue weighted by Gasteiger charge is -2.27. The van der Waals surface area contributed by atoms with E-state index in [2.05, 4.69) is 5.32 Å². The molecule has 2 aromatic rings. The lowest BCUT2D eigenvalue weighted by molar-refractivity contribution is 0.193. The van der Waals surface area contributed by atoms with Crippen LogP contribution in [0.4, 0.5) is 13.6 Å². The van der Waals surface area contributed by atoms with E-state index in [1.54, 1.807) is 17.0 Å². The van der Waals surface area contributed by atoms with Crippen LogP contribution in [-0.2, 0) is 13.1 Å². The second-order valence-corrected chi connectivity index (χ2v) is 7.01. The molecule has 0 bridgehead atoms. The summed E-state index contributed by atoms with van der Waals surface area (Å²) < 4.78 is 26.6. The maximum absolute atomic E-state index is 13.3. The fraction of sp³-hybridized carbons (Fsp3) is 0.316. The molecule has 0 spiro atoms. The Kier molecular flexibility index (Phi) is 5.44. The number of fused-ring (bicyclic) bond motifs is 1. The third kappa shape index (κ3) is 3.97. The summed E-state index contributed by atoms with van der Waals surface area (Å²) in [7, 11) is 3.73. The summed E-state index contributed by atoms with van der Waals surface area (Å²) in [6.07, 6.45) is 0. The van der Waals surface area contributed by atoms with Crippen molar-refractivity contribution < 1.29 is 13.6 Å². The van der Waals surface area contributed by atoms with Crippen molar-refractivity contribution in [2.45, 2.75) is 19.1 Å². The van der Waals surface area contributed by atoms with Gasteiger partial charge < -0.3 is 15.1 Å². The molecule has 26 heavy (non-hydrogen) atoms. The summed E-state index contributed by atoms with van der Waals surface area (Å²) in [5.41, 5.74) is 2.52. The van der Waals surface area contributed by atoms with E-state index in [4.69, 9.17) is 11.6 Å². The van der Waals surface area contributed by atoms with Crippen LogP contribution in [0, 0.1) is 11.6 Å². The molecule has 4 nitrogen and oxygen atoms in total. The predicted molar refractivity (Wildman–Crippen MR) is 96.9 cm³/mol. The Morgan fingerprint density at radius 1 is 1.15 bits per heavy atom. The maximum Gasteiger partial charge on any atom is 0.318 e. The van der Waals surface area contributed by atoms with Gasteiger partial charge in [0.05, 0.1) is 6.04 Å². The van der Waals surface area contributed by atoms with Crippen LogP contribution in [0.25, 0.3) is 0 Å². The zero-order valence-corrected chi connectivity index (χ0v) is 15.4. The van der Waals surface area contributed by atoms with Crippen LogP contribution < -0.4 is 5.32 Å². The summed E-state index contributed by atoms with van der Waals surface area (Å²) in [5, 5.41) is 3.22. The van der Waals surface area contributed by atoms with Crippen LogP contribution in [-0.4, -0.2) is 36.5 Å². The van der Waals surface area contributed by atoms with Gasteiger partial charge in [0, 0.05) is 24.7 Å². The van der Waals surface area contributed by atoms with Gasteiger partial charge >= 0.3 is 6.03 Å². The molecule has 138 valence electrons. The minimum atomic E-state index is -0.401. The van der Waals surface area contributed by atoms with Crippen molar-refractivity contribution in [2.75, 3.05) is 20.6 Å². The van der Waals surface area contributed by atoms with E-state index < -0.39 is 5.82 Å². The molecule has 0 saturated carbocycles. The van der Waals surface area contributed by atoms with E-state index in [-0.39, 0.29) is 17.9 Å². The van der Waals surface area contributed by atoms with Gasteiger partial charge in [-0.1, -0.05) is 23.7 Å². The van der Waals surface area contributed by atoms with Crippen LogP contribution in [0.15, 0.2) is 36.4 Å². The van der Waals surface area contributed by atoms with Gasteiger partial charge in [-0.25, -0.2) is 13.6 Å². The number of halogens is 3. The number of carbonyl (C=O) groups excluding carboxylic acids is 1. The summed E-state index contributed by atoms with van der Waals surface area (Å²) in [5.74, 6) is -0.702. The fourth-order valence-electron chi connectivity index (χ4n) is 3.14. The van der Waals surface area contributed by atoms with Gasteiger partial charge in [-0.15, -0.1) is 0 Å². The van der Waals surface area contributed by atoms with Crippen molar-refractivity contribution in [3.63, 3.8) is 0 Å². The van der Waals surface area contributed by atoms with Crippen LogP contribution in [0.5, 0.6) is 0 Å². The van der Waals surface area contributed by atoms with Crippen molar-refractivity contribution in [1.29, 1.82) is 0 Å². The number of nitrogens with zero attached hydrogens (tertiary/aromatic N) is 2. The lowest BCUT2D eigenvalue weighted by Crippen LogP contribution is -2.41. The second kappa shape index (κ2) is 7.60. The largest absolute Gasteiger partial charge is 0.336 e. The quantitative estimate of drug-likeness (QED) is 0.873. The highest BCUT2D eigenvalue weighted by Crippen LogP contribution is 2.27. The molecule has 0 aromatic heterocycles. The van der Waals surface area contributed by atoms with Gasteiger partial charge in [-0.3, -0.25) is 0 Å². The lowest BCUT2D eigenvalue weighted by atomic mass is 10.1. The zero-order chi connectivity index (χ0) is 18.8. The Morgan fingerprint density at radius 2 is 1.81 bits per heavy atom. The van der Waals surface area contributed by atoms with E-state index in [0.29, 0.717) is 24.7 Å². The SMILES string of the molecule is CN(C)C(CNC(=O)N1Cc2ccc(F)cc2C1)c1ccc(F)cc1Cl. The minimum Gasteiger partial charge on any atom is -0.336 e. The molecule has 1 unspecified atom stereocenters. The minimum absolute atomic E-state index is 0.200. The Hall–Kier alpha value is -2.18. The molecule has 2 amide bonds. The first-order valence-electron chi connectivity index (χ1n) is 8.26. The number of hydrogen-bond donors (Lipinski definition) is 1. The molecule has 2 aromatic carbocycles. The molecular weight excluding hydrogens is 360 g/mol. The summed E-state index contributed by atoms with van der Waals surface area (Å²) in [6.45, 7) is 1.15. The predicted octanol–water partition coefficient (Wildman–Crippen LogP) is 3.95. The van der Waals surface area contributed by atoms with Crippen molar-refractivity contribution >= 4 is 17.6 Å². The Morgan fingerprint density at radius 3 is 2.50 bits per heavy atom. The normalized spacial score (nSPS) is 14.5. The van der Waals surface area contributed by atoms with E-state index >= 15 is 0 Å². The van der Waals surface area contributed by atoms with Crippen molar-refractivity contribution in [3.05, 3.63) is 69.7 Å². The highest BCUT2D eigenvalue weighted by Gasteiger charge is 2.25. The molecular formula is C19H20ClF2N3O. The average molecular weight is 380 g/mol. The Labute approximate surface area is 156 Å². The summed E-state index contributed by atoms with van der Waals surface area (Å²) in [4.78, 5) is 16.0. The molecule has 1 aliphatic heterocycles. The van der Waals surface area contributed by atoms with Crippen LogP contribution in [0.2, 0.25) is 5.02 Å². The van der Waals surface area contributed by atoms with E-state index in [1.807, 2.05) is 19.0 Å². The zero-order valence-electron chi connectivity index (χ0n) is 14.6. The number of benzene rings is 2. The third-order valence-electron chi connectivity index (χ3n) is 4.57. The molecule has 1 atom stereocenters. The smallest absolute Gasteiger partial charge is 0.318 e. The second-order valence-electron chi connectivity index (χ2n) is 6.60. The highest BCUT2D eigenvalue weighted by molar-refractivity contribution is 6.31. The van der Waals surface area contributed by atoms with Crippen molar-refractivity contribution in [3.8, 4) is 0 Å². The number of urea groups is 1. The molecule has 0 aliphatic carbocycles. The fourth-order valence-corrected chi connectivity index (χ4v) is 3.44. The first-order valence-corrected chi connectivity index (χ1v) is 8.64. The summed E-state index contributed by atoms with van der Waals surface area (Å²) in [6, 6.07) is 8.39. The van der Waals surface area contributed by atoms with Gasteiger partial charge in [0.25, 0.3) is 0 Å². The van der Waals surface area contributed by atoms with Crippen molar-refractivity contribution in [1.82, 2.24) is 15.1 Å². The van der Waals surface area contributed by atoms with Crippen molar-refractivity contribution in [2.24, 2.45) is 0 Å². The van der Waals surface area contributed by atoms with Gasteiger partial charge in [-0.2, -0.15) is 0 Å². The number of hydrogen-bond acceptors (Lipinski definition) is 2. The standard InChI is InChI=1S/C19H20ClF2N3O/c1-24(2)18(16-6-5-15(22)8-17(16)20)9-23-19(26)25-10-12-3-4-14(21)7-13(12)11-25/h3-8,18H,9-11H2,1-2H3,(H,23,26). The highest BCUT2D eigenvalue weighted by atomic mass is 35.5. The summed E-state index contributed by atoms with van der Waals surface area (Å²) >= 11 is 6.16. The Balaban J connectivity index is 1.66. The van der Waals surface area contributed by atoms with E-state index in [0.717, 1.165) is 16.7 Å². The molecule has 3 rings (SSSR count). The van der Waals surface area contributed by atoms with Gasteiger partial charge in [0.1, 0.15) is 11.6 Å². The van der Waals surface area contributed by atoms with Gasteiger partial charge in [-0.05, 0) is 55.1 Å². The maximum atomic E-state index is 13.3. The Bertz CT molecular complexity index is 828. The monoisotopic (exact) mass is 379 g/mol. The number of carbonyl (C=O) groups is 1. The number of rotatable bonds is 4. The molecule has 1 aliphatic rings. The first kappa shape index (κ1) is 18.6. The van der Waals surface area contributed by atoms with Gasteiger partial charge in [0.2, 0.25) is 0 Å². The van der Waals surface area contributed by atoms with Gasteiger partial charge in [0.15, 0.2) is 0 Å². The molecule has 7 heteroatoms. The van der Waals surface area contributed by atoms with Crippen LogP contribution in [0.3, 0.4) is 0 Å². The van der Waals surface area contributed by atoms with Crippen LogP contribution >= 0.6 is 11.6 Å². The number of amides is 2. The molecule has 0 radical (unpaired) electrons. The molecule has 0 fully saturated rings. The topological polar surface area (TPSA) is 35.6 Å². The van der Waals surface area contributed by atoms with E-state index in [1.165, 1.54) is 24.3 Å².